The molecule has 0 aromatic heterocycles. The Hall–Kier alpha value is -0.820. The van der Waals surface area contributed by atoms with Crippen molar-refractivity contribution in [2.75, 3.05) is 0 Å². The van der Waals surface area contributed by atoms with Gasteiger partial charge in [-0.1, -0.05) is 50.1 Å². The van der Waals surface area contributed by atoms with Gasteiger partial charge >= 0.3 is 0 Å². The molecule has 1 aromatic rings. The molecule has 0 bridgehead atoms. The van der Waals surface area contributed by atoms with Crippen molar-refractivity contribution in [2.24, 2.45) is 11.7 Å². The van der Waals surface area contributed by atoms with Gasteiger partial charge in [0, 0.05) is 6.04 Å². The first kappa shape index (κ1) is 12.3. The number of nitrogens with two attached hydrogens (primary N) is 1. The van der Waals surface area contributed by atoms with E-state index in [-0.39, 0.29) is 6.04 Å². The molecule has 2 unspecified atom stereocenters. The Balaban J connectivity index is 2.95. The molecule has 0 spiro atoms. The molecule has 0 aliphatic carbocycles. The van der Waals surface area contributed by atoms with E-state index in [0.717, 1.165) is 0 Å². The van der Waals surface area contributed by atoms with Crippen LogP contribution in [-0.2, 0) is 0 Å². The zero-order valence-electron chi connectivity index (χ0n) is 10.5. The monoisotopic (exact) mass is 205 g/mol. The third-order valence-corrected chi connectivity index (χ3v) is 3.12. The highest BCUT2D eigenvalue weighted by molar-refractivity contribution is 5.31. The molecule has 1 nitrogen and oxygen atoms in total. The minimum Gasteiger partial charge on any atom is -0.327 e. The summed E-state index contributed by atoms with van der Waals surface area (Å²) in [4.78, 5) is 0. The van der Waals surface area contributed by atoms with Gasteiger partial charge in [-0.3, -0.25) is 0 Å². The van der Waals surface area contributed by atoms with Gasteiger partial charge in [0.2, 0.25) is 0 Å². The van der Waals surface area contributed by atoms with Gasteiger partial charge < -0.3 is 5.73 Å². The summed E-state index contributed by atoms with van der Waals surface area (Å²) in [5, 5.41) is 0. The molecule has 1 rings (SSSR count). The molecule has 2 atom stereocenters. The van der Waals surface area contributed by atoms with Crippen LogP contribution in [0.25, 0.3) is 0 Å². The van der Waals surface area contributed by atoms with Gasteiger partial charge in [0.15, 0.2) is 0 Å². The Morgan fingerprint density at radius 2 is 1.40 bits per heavy atom. The quantitative estimate of drug-likeness (QED) is 0.804. The van der Waals surface area contributed by atoms with E-state index >= 15 is 0 Å². The number of hydrogen-bond donors (Lipinski definition) is 1. The van der Waals surface area contributed by atoms with Crippen LogP contribution in [-0.4, -0.2) is 6.04 Å². The Morgan fingerprint density at radius 1 is 0.933 bits per heavy atom. The molecule has 2 N–H and O–H groups in total. The molecule has 84 valence electrons. The van der Waals surface area contributed by atoms with Crippen LogP contribution in [0.3, 0.4) is 0 Å². The van der Waals surface area contributed by atoms with Crippen LogP contribution < -0.4 is 5.73 Å². The van der Waals surface area contributed by atoms with Gasteiger partial charge in [-0.15, -0.1) is 0 Å². The van der Waals surface area contributed by atoms with Crippen LogP contribution in [0.1, 0.15) is 43.4 Å². The summed E-state index contributed by atoms with van der Waals surface area (Å²) in [7, 11) is 0. The van der Waals surface area contributed by atoms with Crippen LogP contribution in [0.4, 0.5) is 0 Å². The van der Waals surface area contributed by atoms with Crippen molar-refractivity contribution in [3.05, 3.63) is 34.9 Å². The Morgan fingerprint density at radius 3 is 1.80 bits per heavy atom. The Kier molecular flexibility index (Phi) is 3.92. The Bertz CT molecular complexity index is 308. The summed E-state index contributed by atoms with van der Waals surface area (Å²) < 4.78 is 0. The van der Waals surface area contributed by atoms with Gasteiger partial charge in [0.05, 0.1) is 0 Å². The molecule has 15 heavy (non-hydrogen) atoms. The van der Waals surface area contributed by atoms with E-state index in [0.29, 0.717) is 11.8 Å². The van der Waals surface area contributed by atoms with Crippen molar-refractivity contribution in [3.8, 4) is 0 Å². The lowest BCUT2D eigenvalue weighted by molar-refractivity contribution is 0.434. The molecule has 1 aromatic carbocycles. The standard InChI is InChI=1S/C14H23N/c1-9(2)14(15)12(5)13-7-10(3)6-11(4)8-13/h6-9,12,14H,15H2,1-5H3. The Labute approximate surface area is 93.7 Å². The molecule has 0 heterocycles. The fraction of sp³-hybridized carbons (Fsp3) is 0.571. The van der Waals surface area contributed by atoms with E-state index in [4.69, 9.17) is 5.73 Å². The summed E-state index contributed by atoms with van der Waals surface area (Å²) in [6.07, 6.45) is 0. The predicted octanol–water partition coefficient (Wildman–Crippen LogP) is 3.39. The van der Waals surface area contributed by atoms with Crippen molar-refractivity contribution >= 4 is 0 Å². The molecular formula is C14H23N. The summed E-state index contributed by atoms with van der Waals surface area (Å²) >= 11 is 0. The highest BCUT2D eigenvalue weighted by Crippen LogP contribution is 2.24. The highest BCUT2D eigenvalue weighted by atomic mass is 14.7. The van der Waals surface area contributed by atoms with Crippen molar-refractivity contribution in [1.29, 1.82) is 0 Å². The first-order chi connectivity index (χ1) is 6.91. The fourth-order valence-corrected chi connectivity index (χ4v) is 2.07. The van der Waals surface area contributed by atoms with Crippen molar-refractivity contribution < 1.29 is 0 Å². The molecule has 0 saturated carbocycles. The normalized spacial score (nSPS) is 15.4. The molecular weight excluding hydrogens is 182 g/mol. The molecule has 0 aliphatic heterocycles. The van der Waals surface area contributed by atoms with Gasteiger partial charge in [0.1, 0.15) is 0 Å². The molecule has 0 fully saturated rings. The van der Waals surface area contributed by atoms with Crippen LogP contribution in [0.5, 0.6) is 0 Å². The average Bonchev–Trinajstić information content (AvgIpc) is 2.13. The van der Waals surface area contributed by atoms with E-state index in [1.54, 1.807) is 0 Å². The predicted molar refractivity (Wildman–Crippen MR) is 67.1 cm³/mol. The third kappa shape index (κ3) is 3.07. The fourth-order valence-electron chi connectivity index (χ4n) is 2.07. The second kappa shape index (κ2) is 4.80. The van der Waals surface area contributed by atoms with Crippen molar-refractivity contribution in [2.45, 2.75) is 46.6 Å². The highest BCUT2D eigenvalue weighted by Gasteiger charge is 2.18. The smallest absolute Gasteiger partial charge is 0.0128 e. The zero-order valence-corrected chi connectivity index (χ0v) is 10.5. The minimum absolute atomic E-state index is 0.242. The van der Waals surface area contributed by atoms with Gasteiger partial charge in [-0.05, 0) is 31.2 Å². The topological polar surface area (TPSA) is 26.0 Å². The zero-order chi connectivity index (χ0) is 11.6. The SMILES string of the molecule is Cc1cc(C)cc(C(C)C(N)C(C)C)c1. The summed E-state index contributed by atoms with van der Waals surface area (Å²) in [6, 6.07) is 6.95. The van der Waals surface area contributed by atoms with E-state index < -0.39 is 0 Å². The van der Waals surface area contributed by atoms with Gasteiger partial charge in [-0.2, -0.15) is 0 Å². The second-order valence-electron chi connectivity index (χ2n) is 5.03. The molecule has 1 heteroatoms. The summed E-state index contributed by atoms with van der Waals surface area (Å²) in [5.74, 6) is 0.962. The number of benzene rings is 1. The number of hydrogen-bond acceptors (Lipinski definition) is 1. The van der Waals surface area contributed by atoms with Crippen LogP contribution in [0.15, 0.2) is 18.2 Å². The van der Waals surface area contributed by atoms with Crippen LogP contribution in [0.2, 0.25) is 0 Å². The van der Waals surface area contributed by atoms with Crippen molar-refractivity contribution in [3.63, 3.8) is 0 Å². The maximum absolute atomic E-state index is 6.19. The molecule has 0 radical (unpaired) electrons. The maximum atomic E-state index is 6.19. The number of aryl methyl sites for hydroxylation is 2. The first-order valence-electron chi connectivity index (χ1n) is 5.75. The summed E-state index contributed by atoms with van der Waals surface area (Å²) in [6.45, 7) is 10.9. The summed E-state index contributed by atoms with van der Waals surface area (Å²) in [5.41, 5.74) is 10.2. The van der Waals surface area contributed by atoms with Gasteiger partial charge in [-0.25, -0.2) is 0 Å². The molecule has 0 amide bonds. The lowest BCUT2D eigenvalue weighted by Gasteiger charge is -2.24. The molecule has 0 saturated heterocycles. The average molecular weight is 205 g/mol. The number of rotatable bonds is 3. The largest absolute Gasteiger partial charge is 0.327 e. The van der Waals surface area contributed by atoms with E-state index in [1.807, 2.05) is 0 Å². The second-order valence-corrected chi connectivity index (χ2v) is 5.03. The van der Waals surface area contributed by atoms with E-state index in [2.05, 4.69) is 52.8 Å². The van der Waals surface area contributed by atoms with Crippen LogP contribution >= 0.6 is 0 Å². The van der Waals surface area contributed by atoms with Crippen LogP contribution in [0, 0.1) is 19.8 Å². The molecule has 0 aliphatic rings. The van der Waals surface area contributed by atoms with E-state index in [9.17, 15) is 0 Å². The van der Waals surface area contributed by atoms with Gasteiger partial charge in [0.25, 0.3) is 0 Å². The minimum atomic E-state index is 0.242. The van der Waals surface area contributed by atoms with Crippen molar-refractivity contribution in [1.82, 2.24) is 0 Å². The first-order valence-corrected chi connectivity index (χ1v) is 5.75. The lowest BCUT2D eigenvalue weighted by Crippen LogP contribution is -2.32. The van der Waals surface area contributed by atoms with E-state index in [1.165, 1.54) is 16.7 Å². The lowest BCUT2D eigenvalue weighted by atomic mass is 9.86. The maximum Gasteiger partial charge on any atom is 0.0128 e. The third-order valence-electron chi connectivity index (χ3n) is 3.12.